The fourth-order valence-electron chi connectivity index (χ4n) is 2.77. The van der Waals surface area contributed by atoms with Gasteiger partial charge >= 0.3 is 5.69 Å². The van der Waals surface area contributed by atoms with E-state index in [1.54, 1.807) is 25.1 Å². The molecule has 8 heteroatoms. The Morgan fingerprint density at radius 1 is 1.24 bits per heavy atom. The summed E-state index contributed by atoms with van der Waals surface area (Å²) in [4.78, 5) is 39.4. The summed E-state index contributed by atoms with van der Waals surface area (Å²) in [5.41, 5.74) is -0.000824. The molecule has 0 spiro atoms. The molecule has 1 saturated heterocycles. The number of rotatable bonds is 3. The van der Waals surface area contributed by atoms with E-state index in [9.17, 15) is 14.4 Å². The van der Waals surface area contributed by atoms with Crippen molar-refractivity contribution >= 4 is 5.91 Å². The van der Waals surface area contributed by atoms with Crippen LogP contribution in [0.2, 0.25) is 0 Å². The topological polar surface area (TPSA) is 86.4 Å². The van der Waals surface area contributed by atoms with Crippen molar-refractivity contribution in [2.75, 3.05) is 26.3 Å². The second-order valence-electron chi connectivity index (χ2n) is 5.84. The lowest BCUT2D eigenvalue weighted by molar-refractivity contribution is 0.0295. The third-order valence-corrected chi connectivity index (χ3v) is 4.12. The average molecular weight is 344 g/mol. The predicted molar refractivity (Wildman–Crippen MR) is 91.2 cm³/mol. The normalized spacial score (nSPS) is 14.6. The SMILES string of the molecule is CCn1c(=O)c(C(=O)N2CCOCC2)nn(-c2cccc(C)c2)c1=O. The Balaban J connectivity index is 2.16. The van der Waals surface area contributed by atoms with E-state index in [2.05, 4.69) is 5.10 Å². The summed E-state index contributed by atoms with van der Waals surface area (Å²) in [5.74, 6) is -0.475. The number of ether oxygens (including phenoxy) is 1. The van der Waals surface area contributed by atoms with Gasteiger partial charge in [-0.05, 0) is 31.5 Å². The minimum Gasteiger partial charge on any atom is -0.378 e. The summed E-state index contributed by atoms with van der Waals surface area (Å²) < 4.78 is 7.38. The van der Waals surface area contributed by atoms with Crippen molar-refractivity contribution in [2.24, 2.45) is 0 Å². The molecule has 1 aliphatic heterocycles. The van der Waals surface area contributed by atoms with Gasteiger partial charge in [-0.2, -0.15) is 9.78 Å². The quantitative estimate of drug-likeness (QED) is 0.794. The molecule has 1 aromatic heterocycles. The molecule has 1 aromatic carbocycles. The van der Waals surface area contributed by atoms with Gasteiger partial charge in [-0.25, -0.2) is 4.79 Å². The number of benzene rings is 1. The molecule has 0 aliphatic carbocycles. The van der Waals surface area contributed by atoms with E-state index in [0.29, 0.717) is 32.0 Å². The molecule has 0 unspecified atom stereocenters. The number of amides is 1. The zero-order chi connectivity index (χ0) is 18.0. The lowest BCUT2D eigenvalue weighted by atomic mass is 10.2. The third kappa shape index (κ3) is 3.25. The molecule has 0 saturated carbocycles. The van der Waals surface area contributed by atoms with E-state index < -0.39 is 17.2 Å². The van der Waals surface area contributed by atoms with E-state index in [0.717, 1.165) is 14.8 Å². The van der Waals surface area contributed by atoms with Gasteiger partial charge in [-0.1, -0.05) is 12.1 Å². The highest BCUT2D eigenvalue weighted by Gasteiger charge is 2.25. The highest BCUT2D eigenvalue weighted by Crippen LogP contribution is 2.07. The third-order valence-electron chi connectivity index (χ3n) is 4.12. The number of carbonyl (C=O) groups excluding carboxylic acids is 1. The predicted octanol–water partition coefficient (Wildman–Crippen LogP) is 0.195. The van der Waals surface area contributed by atoms with Gasteiger partial charge in [0, 0.05) is 19.6 Å². The molecule has 1 aliphatic rings. The highest BCUT2D eigenvalue weighted by atomic mass is 16.5. The summed E-state index contributed by atoms with van der Waals surface area (Å²) in [6.07, 6.45) is 0. The van der Waals surface area contributed by atoms with E-state index in [4.69, 9.17) is 4.74 Å². The van der Waals surface area contributed by atoms with Crippen molar-refractivity contribution in [3.05, 3.63) is 56.4 Å². The van der Waals surface area contributed by atoms with Gasteiger partial charge in [-0.15, -0.1) is 0 Å². The van der Waals surface area contributed by atoms with Crippen LogP contribution in [-0.4, -0.2) is 51.5 Å². The number of hydrogen-bond donors (Lipinski definition) is 0. The molecule has 132 valence electrons. The Hall–Kier alpha value is -2.74. The number of carbonyl (C=O) groups is 1. The Kier molecular flexibility index (Phi) is 4.80. The standard InChI is InChI=1S/C17H20N4O4/c1-3-20-16(23)14(15(22)19-7-9-25-10-8-19)18-21(17(20)24)13-6-4-5-12(2)11-13/h4-6,11H,3,7-10H2,1-2H3. The van der Waals surface area contributed by atoms with Crippen LogP contribution in [0.5, 0.6) is 0 Å². The Morgan fingerprint density at radius 2 is 1.96 bits per heavy atom. The van der Waals surface area contributed by atoms with Crippen LogP contribution in [0.3, 0.4) is 0 Å². The molecular weight excluding hydrogens is 324 g/mol. The number of aromatic nitrogens is 3. The van der Waals surface area contributed by atoms with Gasteiger partial charge < -0.3 is 9.64 Å². The van der Waals surface area contributed by atoms with Crippen LogP contribution in [-0.2, 0) is 11.3 Å². The molecule has 3 rings (SSSR count). The fraction of sp³-hybridized carbons (Fsp3) is 0.412. The molecule has 0 bridgehead atoms. The largest absolute Gasteiger partial charge is 0.378 e. The van der Waals surface area contributed by atoms with Gasteiger partial charge in [0.1, 0.15) is 0 Å². The van der Waals surface area contributed by atoms with Crippen molar-refractivity contribution in [1.29, 1.82) is 0 Å². The average Bonchev–Trinajstić information content (AvgIpc) is 2.62. The smallest absolute Gasteiger partial charge is 0.352 e. The Bertz CT molecular complexity index is 910. The number of nitrogens with zero attached hydrogens (tertiary/aromatic N) is 4. The van der Waals surface area contributed by atoms with Gasteiger partial charge in [0.05, 0.1) is 18.9 Å². The maximum absolute atomic E-state index is 12.7. The molecule has 1 amide bonds. The maximum atomic E-state index is 12.7. The first-order valence-electron chi connectivity index (χ1n) is 8.21. The zero-order valence-electron chi connectivity index (χ0n) is 14.3. The molecule has 25 heavy (non-hydrogen) atoms. The van der Waals surface area contributed by atoms with E-state index in [1.807, 2.05) is 13.0 Å². The summed E-state index contributed by atoms with van der Waals surface area (Å²) >= 11 is 0. The van der Waals surface area contributed by atoms with Crippen LogP contribution < -0.4 is 11.2 Å². The van der Waals surface area contributed by atoms with E-state index >= 15 is 0 Å². The zero-order valence-corrected chi connectivity index (χ0v) is 14.3. The first-order valence-corrected chi connectivity index (χ1v) is 8.21. The fourth-order valence-corrected chi connectivity index (χ4v) is 2.77. The first-order chi connectivity index (χ1) is 12.0. The van der Waals surface area contributed by atoms with Crippen LogP contribution in [0.4, 0.5) is 0 Å². The highest BCUT2D eigenvalue weighted by molar-refractivity contribution is 5.91. The lowest BCUT2D eigenvalue weighted by Gasteiger charge is -2.26. The Morgan fingerprint density at radius 3 is 2.60 bits per heavy atom. The molecule has 2 heterocycles. The van der Waals surface area contributed by atoms with Crippen LogP contribution in [0.25, 0.3) is 5.69 Å². The summed E-state index contributed by atoms with van der Waals surface area (Å²) in [5, 5.41) is 4.11. The minimum absolute atomic E-state index is 0.162. The number of aryl methyl sites for hydroxylation is 1. The van der Waals surface area contributed by atoms with E-state index in [-0.39, 0.29) is 12.2 Å². The van der Waals surface area contributed by atoms with Crippen LogP contribution in [0.15, 0.2) is 33.9 Å². The minimum atomic E-state index is -0.659. The van der Waals surface area contributed by atoms with Gasteiger partial charge in [0.25, 0.3) is 11.5 Å². The van der Waals surface area contributed by atoms with Crippen molar-refractivity contribution in [3.8, 4) is 5.69 Å². The maximum Gasteiger partial charge on any atom is 0.352 e. The van der Waals surface area contributed by atoms with Gasteiger partial charge in [0.2, 0.25) is 5.69 Å². The summed E-state index contributed by atoms with van der Waals surface area (Å²) in [7, 11) is 0. The van der Waals surface area contributed by atoms with E-state index in [1.165, 1.54) is 4.90 Å². The molecule has 0 N–H and O–H groups in total. The van der Waals surface area contributed by atoms with Gasteiger partial charge in [0.15, 0.2) is 0 Å². The van der Waals surface area contributed by atoms with Crippen molar-refractivity contribution in [2.45, 2.75) is 20.4 Å². The lowest BCUT2D eigenvalue weighted by Crippen LogP contribution is -2.48. The second kappa shape index (κ2) is 7.02. The van der Waals surface area contributed by atoms with Crippen LogP contribution in [0.1, 0.15) is 23.0 Å². The molecule has 0 radical (unpaired) electrons. The summed E-state index contributed by atoms with van der Waals surface area (Å²) in [6, 6.07) is 7.19. The molecule has 2 aromatic rings. The first kappa shape index (κ1) is 17.1. The van der Waals surface area contributed by atoms with Crippen molar-refractivity contribution in [1.82, 2.24) is 19.2 Å². The monoisotopic (exact) mass is 344 g/mol. The molecule has 8 nitrogen and oxygen atoms in total. The summed E-state index contributed by atoms with van der Waals surface area (Å²) in [6.45, 7) is 5.38. The van der Waals surface area contributed by atoms with Crippen molar-refractivity contribution < 1.29 is 9.53 Å². The van der Waals surface area contributed by atoms with Gasteiger partial charge in [-0.3, -0.25) is 14.2 Å². The molecule has 0 atom stereocenters. The second-order valence-corrected chi connectivity index (χ2v) is 5.84. The molecule has 1 fully saturated rings. The van der Waals surface area contributed by atoms with Crippen LogP contribution in [0, 0.1) is 6.92 Å². The van der Waals surface area contributed by atoms with Crippen molar-refractivity contribution in [3.63, 3.8) is 0 Å². The number of morpholine rings is 1. The Labute approximate surface area is 144 Å². The number of hydrogen-bond acceptors (Lipinski definition) is 5. The molecular formula is C17H20N4O4. The van der Waals surface area contributed by atoms with Crippen LogP contribution >= 0.6 is 0 Å².